The quantitative estimate of drug-likeness (QED) is 0.881. The average Bonchev–Trinajstić information content (AvgIpc) is 2.74. The van der Waals surface area contributed by atoms with Crippen LogP contribution in [0.15, 0.2) is 10.8 Å². The predicted octanol–water partition coefficient (Wildman–Crippen LogP) is 1.35. The molecule has 1 atom stereocenters. The van der Waals surface area contributed by atoms with Gasteiger partial charge in [0.05, 0.1) is 10.2 Å². The van der Waals surface area contributed by atoms with Gasteiger partial charge in [-0.25, -0.2) is 9.97 Å². The van der Waals surface area contributed by atoms with Crippen LogP contribution >= 0.6 is 15.9 Å². The summed E-state index contributed by atoms with van der Waals surface area (Å²) >= 11 is 3.54. The molecule has 0 saturated carbocycles. The van der Waals surface area contributed by atoms with Crippen LogP contribution in [0.4, 0.5) is 5.82 Å². The minimum Gasteiger partial charge on any atom is -0.354 e. The second-order valence-electron chi connectivity index (χ2n) is 3.85. The minimum absolute atomic E-state index is 0.538. The molecule has 5 heteroatoms. The molecular formula is C10H15BrN4. The molecule has 0 spiro atoms. The van der Waals surface area contributed by atoms with Crippen LogP contribution in [0.2, 0.25) is 0 Å². The van der Waals surface area contributed by atoms with Crippen molar-refractivity contribution >= 4 is 21.7 Å². The zero-order valence-electron chi connectivity index (χ0n) is 9.00. The fraction of sp³-hybridized carbons (Fsp3) is 0.600. The van der Waals surface area contributed by atoms with Crippen LogP contribution in [-0.4, -0.2) is 36.1 Å². The van der Waals surface area contributed by atoms with Crippen LogP contribution in [0, 0.1) is 6.92 Å². The Morgan fingerprint density at radius 2 is 2.33 bits per heavy atom. The van der Waals surface area contributed by atoms with Crippen LogP contribution < -0.4 is 10.2 Å². The Balaban J connectivity index is 2.24. The van der Waals surface area contributed by atoms with E-state index in [1.807, 2.05) is 6.92 Å². The van der Waals surface area contributed by atoms with Crippen molar-refractivity contribution < 1.29 is 0 Å². The monoisotopic (exact) mass is 270 g/mol. The molecule has 2 rings (SSSR count). The number of anilines is 1. The Morgan fingerprint density at radius 3 is 3.00 bits per heavy atom. The maximum absolute atomic E-state index is 4.32. The minimum atomic E-state index is 0.538. The number of aromatic nitrogens is 2. The summed E-state index contributed by atoms with van der Waals surface area (Å²) in [4.78, 5) is 10.7. The van der Waals surface area contributed by atoms with Gasteiger partial charge in [-0.1, -0.05) is 0 Å². The van der Waals surface area contributed by atoms with Crippen molar-refractivity contribution in [2.45, 2.75) is 19.4 Å². The first-order chi connectivity index (χ1) is 7.20. The maximum atomic E-state index is 4.32. The van der Waals surface area contributed by atoms with E-state index in [9.17, 15) is 0 Å². The molecule has 0 amide bonds. The summed E-state index contributed by atoms with van der Waals surface area (Å²) in [5.74, 6) is 0.983. The van der Waals surface area contributed by atoms with Crippen LogP contribution in [-0.2, 0) is 0 Å². The molecule has 0 aromatic carbocycles. The molecule has 2 heterocycles. The van der Waals surface area contributed by atoms with Crippen molar-refractivity contribution in [3.8, 4) is 0 Å². The number of hydrogen-bond donors (Lipinski definition) is 1. The third-order valence-electron chi connectivity index (χ3n) is 2.86. The van der Waals surface area contributed by atoms with Gasteiger partial charge in [0, 0.05) is 19.6 Å². The average molecular weight is 271 g/mol. The van der Waals surface area contributed by atoms with E-state index in [-0.39, 0.29) is 0 Å². The standard InChI is InChI=1S/C10H15BrN4/c1-7-9(11)10(14-6-13-7)15(2)8-3-4-12-5-8/h6,8,12H,3-5H2,1-2H3. The van der Waals surface area contributed by atoms with Crippen molar-refractivity contribution in [1.82, 2.24) is 15.3 Å². The van der Waals surface area contributed by atoms with Gasteiger partial charge in [0.15, 0.2) is 0 Å². The number of nitrogens with zero attached hydrogens (tertiary/aromatic N) is 3. The van der Waals surface area contributed by atoms with Gasteiger partial charge < -0.3 is 10.2 Å². The molecule has 1 aromatic rings. The van der Waals surface area contributed by atoms with Gasteiger partial charge in [-0.05, 0) is 35.8 Å². The lowest BCUT2D eigenvalue weighted by molar-refractivity contribution is 0.674. The molecule has 1 unspecified atom stereocenters. The molecule has 4 nitrogen and oxygen atoms in total. The highest BCUT2D eigenvalue weighted by molar-refractivity contribution is 9.10. The highest BCUT2D eigenvalue weighted by Gasteiger charge is 2.22. The fourth-order valence-electron chi connectivity index (χ4n) is 1.83. The molecule has 0 bridgehead atoms. The molecule has 0 radical (unpaired) electrons. The largest absolute Gasteiger partial charge is 0.354 e. The zero-order chi connectivity index (χ0) is 10.8. The molecule has 0 aliphatic carbocycles. The van der Waals surface area contributed by atoms with E-state index in [0.717, 1.165) is 29.1 Å². The van der Waals surface area contributed by atoms with Gasteiger partial charge in [0.2, 0.25) is 0 Å². The van der Waals surface area contributed by atoms with Gasteiger partial charge in [-0.2, -0.15) is 0 Å². The van der Waals surface area contributed by atoms with E-state index in [1.165, 1.54) is 6.42 Å². The topological polar surface area (TPSA) is 41.1 Å². The second-order valence-corrected chi connectivity index (χ2v) is 4.65. The third-order valence-corrected chi connectivity index (χ3v) is 3.79. The first-order valence-corrected chi connectivity index (χ1v) is 5.90. The molecule has 15 heavy (non-hydrogen) atoms. The van der Waals surface area contributed by atoms with Gasteiger partial charge in [-0.15, -0.1) is 0 Å². The van der Waals surface area contributed by atoms with Crippen molar-refractivity contribution in [1.29, 1.82) is 0 Å². The zero-order valence-corrected chi connectivity index (χ0v) is 10.6. The Morgan fingerprint density at radius 1 is 1.53 bits per heavy atom. The first kappa shape index (κ1) is 10.8. The molecule has 1 N–H and O–H groups in total. The lowest BCUT2D eigenvalue weighted by atomic mass is 10.2. The van der Waals surface area contributed by atoms with Gasteiger partial charge >= 0.3 is 0 Å². The number of aryl methyl sites for hydroxylation is 1. The van der Waals surface area contributed by atoms with Crippen LogP contribution in [0.25, 0.3) is 0 Å². The van der Waals surface area contributed by atoms with E-state index in [0.29, 0.717) is 6.04 Å². The number of rotatable bonds is 2. The lowest BCUT2D eigenvalue weighted by Gasteiger charge is -2.25. The first-order valence-electron chi connectivity index (χ1n) is 5.11. The summed E-state index contributed by atoms with van der Waals surface area (Å²) in [5.41, 5.74) is 0.984. The van der Waals surface area contributed by atoms with Crippen LogP contribution in [0.3, 0.4) is 0 Å². The number of hydrogen-bond acceptors (Lipinski definition) is 4. The van der Waals surface area contributed by atoms with Crippen molar-refractivity contribution in [3.05, 3.63) is 16.5 Å². The second kappa shape index (κ2) is 4.45. The van der Waals surface area contributed by atoms with E-state index in [1.54, 1.807) is 6.33 Å². The SMILES string of the molecule is Cc1ncnc(N(C)C2CCNC2)c1Br. The van der Waals surface area contributed by atoms with Crippen molar-refractivity contribution in [2.75, 3.05) is 25.0 Å². The van der Waals surface area contributed by atoms with E-state index < -0.39 is 0 Å². The van der Waals surface area contributed by atoms with E-state index in [4.69, 9.17) is 0 Å². The van der Waals surface area contributed by atoms with E-state index in [2.05, 4.69) is 43.2 Å². The van der Waals surface area contributed by atoms with Crippen LogP contribution in [0.1, 0.15) is 12.1 Å². The van der Waals surface area contributed by atoms with Gasteiger partial charge in [-0.3, -0.25) is 0 Å². The highest BCUT2D eigenvalue weighted by Crippen LogP contribution is 2.26. The number of nitrogens with one attached hydrogen (secondary N) is 1. The lowest BCUT2D eigenvalue weighted by Crippen LogP contribution is -2.34. The summed E-state index contributed by atoms with van der Waals surface area (Å²) < 4.78 is 0.999. The highest BCUT2D eigenvalue weighted by atomic mass is 79.9. The van der Waals surface area contributed by atoms with Crippen LogP contribution in [0.5, 0.6) is 0 Å². The Hall–Kier alpha value is -0.680. The smallest absolute Gasteiger partial charge is 0.146 e. The Labute approximate surface area is 98.2 Å². The number of halogens is 1. The molecular weight excluding hydrogens is 256 g/mol. The summed E-state index contributed by atoms with van der Waals surface area (Å²) in [7, 11) is 2.09. The molecule has 1 aromatic heterocycles. The maximum Gasteiger partial charge on any atom is 0.146 e. The van der Waals surface area contributed by atoms with E-state index >= 15 is 0 Å². The summed E-state index contributed by atoms with van der Waals surface area (Å²) in [6.07, 6.45) is 2.79. The third kappa shape index (κ3) is 2.13. The predicted molar refractivity (Wildman–Crippen MR) is 64.1 cm³/mol. The Kier molecular flexibility index (Phi) is 3.21. The summed E-state index contributed by atoms with van der Waals surface area (Å²) in [5, 5.41) is 3.36. The molecule has 1 aliphatic rings. The van der Waals surface area contributed by atoms with Crippen molar-refractivity contribution in [2.24, 2.45) is 0 Å². The van der Waals surface area contributed by atoms with Gasteiger partial charge in [0.1, 0.15) is 12.1 Å². The molecule has 1 aliphatic heterocycles. The molecule has 1 fully saturated rings. The molecule has 82 valence electrons. The number of likely N-dealkylation sites (N-methyl/N-ethyl adjacent to an activating group) is 1. The van der Waals surface area contributed by atoms with Gasteiger partial charge in [0.25, 0.3) is 0 Å². The van der Waals surface area contributed by atoms with Crippen molar-refractivity contribution in [3.63, 3.8) is 0 Å². The fourth-order valence-corrected chi connectivity index (χ4v) is 2.32. The normalized spacial score (nSPS) is 20.6. The summed E-state index contributed by atoms with van der Waals surface area (Å²) in [6, 6.07) is 0.538. The summed E-state index contributed by atoms with van der Waals surface area (Å²) in [6.45, 7) is 4.11. The molecule has 1 saturated heterocycles. The Bertz CT molecular complexity index is 349.